The monoisotopic (exact) mass is 263 g/mol. The van der Waals surface area contributed by atoms with Crippen molar-refractivity contribution in [3.8, 4) is 11.1 Å². The van der Waals surface area contributed by atoms with E-state index >= 15 is 0 Å². The zero-order chi connectivity index (χ0) is 14.1. The van der Waals surface area contributed by atoms with Crippen molar-refractivity contribution in [1.29, 1.82) is 0 Å². The normalized spacial score (nSPS) is 15.0. The van der Waals surface area contributed by atoms with Gasteiger partial charge in [0.05, 0.1) is 0 Å². The van der Waals surface area contributed by atoms with Gasteiger partial charge in [0.2, 0.25) is 0 Å². The lowest BCUT2D eigenvalue weighted by Gasteiger charge is -2.39. The van der Waals surface area contributed by atoms with Gasteiger partial charge in [-0.25, -0.2) is 0 Å². The van der Waals surface area contributed by atoms with Gasteiger partial charge >= 0.3 is 0 Å². The molecule has 1 aliphatic rings. The molecule has 1 saturated heterocycles. The fraction of sp³-hybridized carbons (Fsp3) is 0.263. The number of hydrogen-bond acceptors (Lipinski definition) is 1. The molecule has 1 heteroatoms. The van der Waals surface area contributed by atoms with Crippen LogP contribution in [0.5, 0.6) is 0 Å². The highest BCUT2D eigenvalue weighted by molar-refractivity contribution is 5.70. The van der Waals surface area contributed by atoms with Crippen LogP contribution in [0.4, 0.5) is 5.69 Å². The van der Waals surface area contributed by atoms with E-state index in [0.29, 0.717) is 0 Å². The smallest absolute Gasteiger partial charge is 0.0366 e. The van der Waals surface area contributed by atoms with Crippen LogP contribution >= 0.6 is 0 Å². The second-order valence-electron chi connectivity index (χ2n) is 5.91. The zero-order valence-electron chi connectivity index (χ0n) is 12.3. The Morgan fingerprint density at radius 3 is 1.90 bits per heavy atom. The molecule has 0 spiro atoms. The first kappa shape index (κ1) is 13.0. The number of nitrogens with zero attached hydrogens (tertiary/aromatic N) is 1. The summed E-state index contributed by atoms with van der Waals surface area (Å²) in [4.78, 5) is 2.43. The van der Waals surface area contributed by atoms with E-state index in [1.54, 1.807) is 0 Å². The van der Waals surface area contributed by atoms with Gasteiger partial charge in [-0.2, -0.15) is 0 Å². The van der Waals surface area contributed by atoms with Crippen LogP contribution in [0.2, 0.25) is 0 Å². The van der Waals surface area contributed by atoms with Crippen LogP contribution in [-0.2, 0) is 0 Å². The number of hydrogen-bond donors (Lipinski definition) is 0. The van der Waals surface area contributed by atoms with E-state index in [0.717, 1.165) is 11.5 Å². The lowest BCUT2D eigenvalue weighted by Crippen LogP contribution is -2.45. The third-order valence-corrected chi connectivity index (χ3v) is 4.01. The van der Waals surface area contributed by atoms with Gasteiger partial charge in [0.25, 0.3) is 0 Å². The molecule has 1 fully saturated rings. The number of anilines is 1. The third kappa shape index (κ3) is 2.49. The fourth-order valence-electron chi connectivity index (χ4n) is 2.72. The summed E-state index contributed by atoms with van der Waals surface area (Å²) in [6.07, 6.45) is 0. The van der Waals surface area contributed by atoms with Gasteiger partial charge in [-0.05, 0) is 41.7 Å². The SMILES string of the molecule is C=C(C)c1ccc(-c2ccc(N3CC(C)C3)cc2)cc1. The van der Waals surface area contributed by atoms with E-state index in [1.165, 1.54) is 35.5 Å². The van der Waals surface area contributed by atoms with Gasteiger partial charge < -0.3 is 4.90 Å². The van der Waals surface area contributed by atoms with Gasteiger partial charge in [-0.15, -0.1) is 0 Å². The average Bonchev–Trinajstić information content (AvgIpc) is 2.44. The molecule has 0 unspecified atom stereocenters. The molecule has 0 radical (unpaired) electrons. The largest absolute Gasteiger partial charge is 0.371 e. The minimum absolute atomic E-state index is 0.837. The second-order valence-corrected chi connectivity index (χ2v) is 5.91. The van der Waals surface area contributed by atoms with Crippen LogP contribution in [0.3, 0.4) is 0 Å². The van der Waals surface area contributed by atoms with E-state index in [1.807, 2.05) is 6.92 Å². The Morgan fingerprint density at radius 2 is 1.45 bits per heavy atom. The molecule has 20 heavy (non-hydrogen) atoms. The number of benzene rings is 2. The summed E-state index contributed by atoms with van der Waals surface area (Å²) in [5.74, 6) is 0.837. The Kier molecular flexibility index (Phi) is 3.35. The molecule has 0 bridgehead atoms. The molecule has 0 aromatic heterocycles. The maximum Gasteiger partial charge on any atom is 0.0366 e. The molecule has 1 heterocycles. The Balaban J connectivity index is 1.78. The topological polar surface area (TPSA) is 3.24 Å². The molecule has 0 aliphatic carbocycles. The van der Waals surface area contributed by atoms with E-state index < -0.39 is 0 Å². The van der Waals surface area contributed by atoms with Crippen molar-refractivity contribution in [3.63, 3.8) is 0 Å². The van der Waals surface area contributed by atoms with Crippen molar-refractivity contribution >= 4 is 11.3 Å². The molecule has 3 rings (SSSR count). The Morgan fingerprint density at radius 1 is 0.950 bits per heavy atom. The average molecular weight is 263 g/mol. The van der Waals surface area contributed by atoms with Crippen LogP contribution in [0.25, 0.3) is 16.7 Å². The van der Waals surface area contributed by atoms with Crippen LogP contribution in [0, 0.1) is 5.92 Å². The van der Waals surface area contributed by atoms with Crippen molar-refractivity contribution in [2.24, 2.45) is 5.92 Å². The highest BCUT2D eigenvalue weighted by atomic mass is 15.2. The molecule has 1 nitrogen and oxygen atoms in total. The Labute approximate surface area is 121 Å². The lowest BCUT2D eigenvalue weighted by atomic mass is 9.99. The van der Waals surface area contributed by atoms with E-state index in [4.69, 9.17) is 0 Å². The molecule has 2 aromatic carbocycles. The van der Waals surface area contributed by atoms with Gasteiger partial charge in [-0.1, -0.05) is 55.5 Å². The Hall–Kier alpha value is -2.02. The molecule has 102 valence electrons. The standard InChI is InChI=1S/C19H21N/c1-14(2)16-4-6-17(7-5-16)18-8-10-19(11-9-18)20-12-15(3)13-20/h4-11,15H,1,12-13H2,2-3H3. The summed E-state index contributed by atoms with van der Waals surface area (Å²) in [6, 6.07) is 17.5. The summed E-state index contributed by atoms with van der Waals surface area (Å²) in [7, 11) is 0. The first-order valence-electron chi connectivity index (χ1n) is 7.25. The minimum atomic E-state index is 0.837. The van der Waals surface area contributed by atoms with Gasteiger partial charge in [0, 0.05) is 18.8 Å². The zero-order valence-corrected chi connectivity index (χ0v) is 12.3. The van der Waals surface area contributed by atoms with Crippen molar-refractivity contribution in [2.45, 2.75) is 13.8 Å². The summed E-state index contributed by atoms with van der Waals surface area (Å²) < 4.78 is 0. The number of rotatable bonds is 3. The van der Waals surface area contributed by atoms with Gasteiger partial charge in [0.15, 0.2) is 0 Å². The first-order chi connectivity index (χ1) is 9.63. The summed E-state index contributed by atoms with van der Waals surface area (Å²) >= 11 is 0. The quantitative estimate of drug-likeness (QED) is 0.765. The first-order valence-corrected chi connectivity index (χ1v) is 7.25. The minimum Gasteiger partial charge on any atom is -0.371 e. The van der Waals surface area contributed by atoms with Gasteiger partial charge in [-0.3, -0.25) is 0 Å². The predicted molar refractivity (Wildman–Crippen MR) is 88.0 cm³/mol. The van der Waals surface area contributed by atoms with Crippen molar-refractivity contribution in [3.05, 3.63) is 60.7 Å². The lowest BCUT2D eigenvalue weighted by molar-refractivity contribution is 0.447. The van der Waals surface area contributed by atoms with E-state index in [9.17, 15) is 0 Å². The molecule has 0 amide bonds. The van der Waals surface area contributed by atoms with Gasteiger partial charge in [0.1, 0.15) is 0 Å². The van der Waals surface area contributed by atoms with Crippen molar-refractivity contribution in [1.82, 2.24) is 0 Å². The highest BCUT2D eigenvalue weighted by Crippen LogP contribution is 2.28. The molecule has 0 N–H and O–H groups in total. The molecule has 1 aliphatic heterocycles. The van der Waals surface area contributed by atoms with E-state index in [2.05, 4.69) is 66.9 Å². The summed E-state index contributed by atoms with van der Waals surface area (Å²) in [5.41, 5.74) is 6.19. The third-order valence-electron chi connectivity index (χ3n) is 4.01. The molecule has 0 saturated carbocycles. The molecular formula is C19H21N. The molecule has 0 atom stereocenters. The fourth-order valence-corrected chi connectivity index (χ4v) is 2.72. The maximum atomic E-state index is 3.98. The highest BCUT2D eigenvalue weighted by Gasteiger charge is 2.22. The van der Waals surface area contributed by atoms with E-state index in [-0.39, 0.29) is 0 Å². The van der Waals surface area contributed by atoms with Crippen LogP contribution in [0.15, 0.2) is 55.1 Å². The molecule has 2 aromatic rings. The van der Waals surface area contributed by atoms with Crippen molar-refractivity contribution < 1.29 is 0 Å². The predicted octanol–water partition coefficient (Wildman–Crippen LogP) is 4.84. The second kappa shape index (κ2) is 5.16. The Bertz CT molecular complexity index is 601. The van der Waals surface area contributed by atoms with Crippen LogP contribution in [0.1, 0.15) is 19.4 Å². The summed E-state index contributed by atoms with van der Waals surface area (Å²) in [6.45, 7) is 10.7. The maximum absolute atomic E-state index is 3.98. The van der Waals surface area contributed by atoms with Crippen LogP contribution in [-0.4, -0.2) is 13.1 Å². The molecular weight excluding hydrogens is 242 g/mol. The number of allylic oxidation sites excluding steroid dienone is 1. The summed E-state index contributed by atoms with van der Waals surface area (Å²) in [5, 5.41) is 0. The van der Waals surface area contributed by atoms with Crippen LogP contribution < -0.4 is 4.90 Å². The van der Waals surface area contributed by atoms with Crippen molar-refractivity contribution in [2.75, 3.05) is 18.0 Å².